The number of ether oxygens (including phenoxy) is 1. The number of aryl methyl sites for hydroxylation is 2. The van der Waals surface area contributed by atoms with Crippen LogP contribution in [0.15, 0.2) is 24.3 Å². The van der Waals surface area contributed by atoms with Crippen LogP contribution in [0.5, 0.6) is 0 Å². The molecule has 0 aliphatic carbocycles. The number of nitrogens with zero attached hydrogens (tertiary/aromatic N) is 2. The zero-order valence-electron chi connectivity index (χ0n) is 14.4. The van der Waals surface area contributed by atoms with E-state index in [0.717, 1.165) is 16.0 Å². The summed E-state index contributed by atoms with van der Waals surface area (Å²) < 4.78 is 5.95. The largest absolute Gasteiger partial charge is 0.359 e. The quantitative estimate of drug-likeness (QED) is 0.356. The molecule has 0 saturated carbocycles. The maximum atomic E-state index is 13.1. The summed E-state index contributed by atoms with van der Waals surface area (Å²) in [5.74, 6) is -2.18. The van der Waals surface area contributed by atoms with Crippen LogP contribution >= 0.6 is 0 Å². The van der Waals surface area contributed by atoms with E-state index in [4.69, 9.17) is 4.74 Å². The molecule has 7 nitrogen and oxygen atoms in total. The Morgan fingerprint density at radius 3 is 2.00 bits per heavy atom. The predicted octanol–water partition coefficient (Wildman–Crippen LogP) is 2.43. The zero-order valence-corrected chi connectivity index (χ0v) is 14.4. The SMILES string of the molecule is Cc1cc(N2C(=O)[C@@H]3[C@H](C2=O)[C@@]2(C)C=C[C@@]3(C)O2)c([N+](=O)[O-])cc1C. The third kappa shape index (κ3) is 1.84. The van der Waals surface area contributed by atoms with Gasteiger partial charge < -0.3 is 4.74 Å². The molecule has 2 amide bonds. The minimum absolute atomic E-state index is 0.0455. The molecule has 2 bridgehead atoms. The molecule has 0 N–H and O–H groups in total. The van der Waals surface area contributed by atoms with E-state index in [-0.39, 0.29) is 11.4 Å². The number of carbonyl (C=O) groups excluding carboxylic acids is 2. The topological polar surface area (TPSA) is 89.8 Å². The summed E-state index contributed by atoms with van der Waals surface area (Å²) in [6.45, 7) is 7.12. The van der Waals surface area contributed by atoms with Crippen molar-refractivity contribution in [3.63, 3.8) is 0 Å². The van der Waals surface area contributed by atoms with E-state index in [9.17, 15) is 19.7 Å². The van der Waals surface area contributed by atoms with Crippen molar-refractivity contribution >= 4 is 23.2 Å². The van der Waals surface area contributed by atoms with E-state index in [2.05, 4.69) is 0 Å². The molecule has 130 valence electrons. The first-order valence-corrected chi connectivity index (χ1v) is 8.13. The highest BCUT2D eigenvalue weighted by Gasteiger charge is 2.70. The molecule has 3 aliphatic rings. The number of imide groups is 1. The maximum absolute atomic E-state index is 13.1. The number of carbonyl (C=O) groups is 2. The van der Waals surface area contributed by atoms with Crippen LogP contribution in [0.1, 0.15) is 25.0 Å². The smallest absolute Gasteiger partial charge is 0.293 e. The van der Waals surface area contributed by atoms with Gasteiger partial charge in [0.25, 0.3) is 5.69 Å². The highest BCUT2D eigenvalue weighted by molar-refractivity contribution is 6.24. The molecule has 0 aromatic heterocycles. The Hall–Kier alpha value is -2.54. The number of hydrogen-bond acceptors (Lipinski definition) is 5. The summed E-state index contributed by atoms with van der Waals surface area (Å²) >= 11 is 0. The van der Waals surface area contributed by atoms with Gasteiger partial charge in [0, 0.05) is 6.07 Å². The normalized spacial score (nSPS) is 35.6. The number of hydrogen-bond donors (Lipinski definition) is 0. The van der Waals surface area contributed by atoms with Crippen LogP contribution in [0.3, 0.4) is 0 Å². The standard InChI is InChI=1S/C18H18N2O5/c1-9-7-11(12(20(23)24)8-10(9)2)19-15(21)13-14(16(19)22)18(4)6-5-17(13,3)25-18/h5-8,13-14H,1-4H3/t13-,14+,17-,18-/m1/s1. The number of rotatable bonds is 2. The second kappa shape index (κ2) is 4.54. The highest BCUT2D eigenvalue weighted by atomic mass is 16.6. The number of amides is 2. The minimum atomic E-state index is -0.852. The highest BCUT2D eigenvalue weighted by Crippen LogP contribution is 2.58. The number of benzene rings is 1. The Labute approximate surface area is 144 Å². The van der Waals surface area contributed by atoms with E-state index in [1.165, 1.54) is 6.07 Å². The van der Waals surface area contributed by atoms with Crippen LogP contribution in [0.25, 0.3) is 0 Å². The lowest BCUT2D eigenvalue weighted by Gasteiger charge is -2.25. The molecule has 2 fully saturated rings. The molecule has 7 heteroatoms. The van der Waals surface area contributed by atoms with Crippen molar-refractivity contribution in [3.05, 3.63) is 45.5 Å². The van der Waals surface area contributed by atoms with Crippen molar-refractivity contribution in [2.45, 2.75) is 38.9 Å². The lowest BCUT2D eigenvalue weighted by atomic mass is 9.73. The maximum Gasteiger partial charge on any atom is 0.293 e. The summed E-state index contributed by atoms with van der Waals surface area (Å²) in [6.07, 6.45) is 3.63. The molecule has 3 heterocycles. The molecule has 2 saturated heterocycles. The van der Waals surface area contributed by atoms with Crippen LogP contribution in [-0.2, 0) is 14.3 Å². The van der Waals surface area contributed by atoms with Crippen molar-refractivity contribution in [2.75, 3.05) is 4.90 Å². The number of nitro groups is 1. The molecule has 25 heavy (non-hydrogen) atoms. The Kier molecular flexibility index (Phi) is 2.90. The van der Waals surface area contributed by atoms with Crippen LogP contribution in [-0.4, -0.2) is 27.9 Å². The van der Waals surface area contributed by atoms with E-state index < -0.39 is 39.8 Å². The third-order valence-corrected chi connectivity index (χ3v) is 5.75. The van der Waals surface area contributed by atoms with Gasteiger partial charge in [-0.25, -0.2) is 4.90 Å². The van der Waals surface area contributed by atoms with E-state index >= 15 is 0 Å². The van der Waals surface area contributed by atoms with Gasteiger partial charge in [-0.15, -0.1) is 0 Å². The number of anilines is 1. The average molecular weight is 342 g/mol. The van der Waals surface area contributed by atoms with Gasteiger partial charge in [0.15, 0.2) is 0 Å². The van der Waals surface area contributed by atoms with Gasteiger partial charge in [0.1, 0.15) is 5.69 Å². The van der Waals surface area contributed by atoms with E-state index in [1.54, 1.807) is 33.8 Å². The zero-order chi connectivity index (χ0) is 18.3. The van der Waals surface area contributed by atoms with Gasteiger partial charge in [0.05, 0.1) is 28.0 Å². The average Bonchev–Trinajstić information content (AvgIpc) is 3.06. The van der Waals surface area contributed by atoms with Gasteiger partial charge >= 0.3 is 0 Å². The molecule has 0 unspecified atom stereocenters. The fourth-order valence-electron chi connectivity index (χ4n) is 4.38. The van der Waals surface area contributed by atoms with Gasteiger partial charge in [0.2, 0.25) is 11.8 Å². The van der Waals surface area contributed by atoms with Crippen LogP contribution in [0.2, 0.25) is 0 Å². The molecule has 1 aromatic rings. The van der Waals surface area contributed by atoms with Crippen LogP contribution in [0, 0.1) is 35.8 Å². The van der Waals surface area contributed by atoms with Gasteiger partial charge in [-0.1, -0.05) is 12.2 Å². The first-order chi connectivity index (χ1) is 11.6. The molecule has 3 aliphatic heterocycles. The lowest BCUT2D eigenvalue weighted by Crippen LogP contribution is -2.39. The van der Waals surface area contributed by atoms with Gasteiger partial charge in [-0.3, -0.25) is 19.7 Å². The second-order valence-corrected chi connectivity index (χ2v) is 7.45. The summed E-state index contributed by atoms with van der Waals surface area (Å²) in [5, 5.41) is 11.5. The number of nitro benzene ring substituents is 1. The lowest BCUT2D eigenvalue weighted by molar-refractivity contribution is -0.384. The summed E-state index contributed by atoms with van der Waals surface area (Å²) in [5.41, 5.74) is -0.373. The molecule has 0 radical (unpaired) electrons. The Morgan fingerprint density at radius 2 is 1.52 bits per heavy atom. The number of fused-ring (bicyclic) bond motifs is 5. The van der Waals surface area contributed by atoms with Crippen LogP contribution in [0.4, 0.5) is 11.4 Å². The fraction of sp³-hybridized carbons (Fsp3) is 0.444. The van der Waals surface area contributed by atoms with Crippen molar-refractivity contribution in [3.8, 4) is 0 Å². The van der Waals surface area contributed by atoms with Gasteiger partial charge in [-0.05, 0) is 44.9 Å². The second-order valence-electron chi connectivity index (χ2n) is 7.45. The predicted molar refractivity (Wildman–Crippen MR) is 89.1 cm³/mol. The monoisotopic (exact) mass is 342 g/mol. The summed E-state index contributed by atoms with van der Waals surface area (Å²) in [6, 6.07) is 2.96. The summed E-state index contributed by atoms with van der Waals surface area (Å²) in [7, 11) is 0. The molecule has 1 aromatic carbocycles. The first-order valence-electron chi connectivity index (χ1n) is 8.13. The Balaban J connectivity index is 1.88. The van der Waals surface area contributed by atoms with Crippen LogP contribution < -0.4 is 4.90 Å². The Morgan fingerprint density at radius 1 is 1.04 bits per heavy atom. The molecular weight excluding hydrogens is 324 g/mol. The van der Waals surface area contributed by atoms with Crippen molar-refractivity contribution in [2.24, 2.45) is 11.8 Å². The van der Waals surface area contributed by atoms with E-state index in [1.807, 2.05) is 12.2 Å². The summed E-state index contributed by atoms with van der Waals surface area (Å²) in [4.78, 5) is 38.1. The fourth-order valence-corrected chi connectivity index (χ4v) is 4.38. The Bertz CT molecular complexity index is 856. The molecule has 4 atom stereocenters. The van der Waals surface area contributed by atoms with E-state index in [0.29, 0.717) is 0 Å². The molecular formula is C18H18N2O5. The van der Waals surface area contributed by atoms with Gasteiger partial charge in [-0.2, -0.15) is 0 Å². The molecule has 4 rings (SSSR count). The van der Waals surface area contributed by atoms with Crippen molar-refractivity contribution in [1.29, 1.82) is 0 Å². The first kappa shape index (κ1) is 16.0. The van der Waals surface area contributed by atoms with Crippen molar-refractivity contribution in [1.82, 2.24) is 0 Å². The third-order valence-electron chi connectivity index (χ3n) is 5.75. The molecule has 0 spiro atoms. The minimum Gasteiger partial charge on any atom is -0.359 e. The van der Waals surface area contributed by atoms with Crippen molar-refractivity contribution < 1.29 is 19.2 Å².